The number of fused-ring (bicyclic) bond motifs is 1. The van der Waals surface area contributed by atoms with Crippen molar-refractivity contribution >= 4 is 63.7 Å². The van der Waals surface area contributed by atoms with Crippen molar-refractivity contribution in [1.29, 1.82) is 0 Å². The molecule has 2 aliphatic heterocycles. The Labute approximate surface area is 274 Å². The van der Waals surface area contributed by atoms with Gasteiger partial charge in [-0.3, -0.25) is 9.59 Å². The van der Waals surface area contributed by atoms with Crippen LogP contribution in [0.4, 0.5) is 9.18 Å². The highest BCUT2D eigenvalue weighted by Crippen LogP contribution is 2.55. The quantitative estimate of drug-likeness (QED) is 0.236. The van der Waals surface area contributed by atoms with Gasteiger partial charge in [-0.2, -0.15) is 0 Å². The maximum Gasteiger partial charge on any atom is 0.317 e. The normalized spacial score (nSPS) is 20.2. The number of halogens is 3. The minimum absolute atomic E-state index is 0.00697. The van der Waals surface area contributed by atoms with Gasteiger partial charge in [0.1, 0.15) is 10.6 Å². The van der Waals surface area contributed by atoms with Crippen LogP contribution in [0.3, 0.4) is 0 Å². The van der Waals surface area contributed by atoms with E-state index in [0.29, 0.717) is 43.3 Å². The van der Waals surface area contributed by atoms with Gasteiger partial charge in [0.2, 0.25) is 11.8 Å². The number of carbonyl (C=O) groups is 3. The third-order valence-corrected chi connectivity index (χ3v) is 10.3. The Hall–Kier alpha value is -3.73. The van der Waals surface area contributed by atoms with Crippen LogP contribution in [-0.2, 0) is 16.1 Å². The van der Waals surface area contributed by atoms with Gasteiger partial charge >= 0.3 is 6.03 Å². The predicted octanol–water partition coefficient (Wildman–Crippen LogP) is 6.49. The summed E-state index contributed by atoms with van der Waals surface area (Å²) in [6.45, 7) is 3.88. The minimum Gasteiger partial charge on any atom is -0.361 e. The molecule has 2 N–H and O–H groups in total. The summed E-state index contributed by atoms with van der Waals surface area (Å²) in [5, 5.41) is 4.20. The van der Waals surface area contributed by atoms with Gasteiger partial charge in [-0.1, -0.05) is 53.5 Å². The molecule has 2 fully saturated rings. The Morgan fingerprint density at radius 2 is 1.76 bits per heavy atom. The summed E-state index contributed by atoms with van der Waals surface area (Å²) in [6, 6.07) is 18.7. The van der Waals surface area contributed by atoms with Crippen molar-refractivity contribution in [1.82, 2.24) is 25.0 Å². The monoisotopic (exact) mass is 667 g/mol. The number of benzene rings is 3. The highest BCUT2D eigenvalue weighted by Gasteiger charge is 2.60. The van der Waals surface area contributed by atoms with Crippen LogP contribution in [0.1, 0.15) is 30.5 Å². The van der Waals surface area contributed by atoms with Crippen molar-refractivity contribution in [2.75, 3.05) is 32.7 Å². The summed E-state index contributed by atoms with van der Waals surface area (Å²) in [5.41, 5.74) is 2.09. The summed E-state index contributed by atoms with van der Waals surface area (Å²) in [5.74, 6) is -0.986. The van der Waals surface area contributed by atoms with Crippen molar-refractivity contribution in [2.24, 2.45) is 0 Å². The SMILES string of the molecule is CCNC(=O)N1CCN(C(=O)[C@]2(Sc3ccccc3)CC(=O)N(Cc3ccc(Cl)c(F)c3)[C@@H]2c2c[nH]c3cc(Cl)ccc23)CC1. The van der Waals surface area contributed by atoms with Crippen LogP contribution in [0.2, 0.25) is 10.0 Å². The van der Waals surface area contributed by atoms with Crippen molar-refractivity contribution in [3.8, 4) is 0 Å². The van der Waals surface area contributed by atoms with E-state index in [-0.39, 0.29) is 35.8 Å². The first-order valence-corrected chi connectivity index (χ1v) is 16.3. The number of piperazine rings is 1. The third-order valence-electron chi connectivity index (χ3n) is 8.38. The number of thioether (sulfide) groups is 1. The average molecular weight is 669 g/mol. The van der Waals surface area contributed by atoms with Crippen molar-refractivity contribution < 1.29 is 18.8 Å². The zero-order chi connectivity index (χ0) is 31.7. The van der Waals surface area contributed by atoms with Gasteiger partial charge in [0, 0.05) is 71.8 Å². The van der Waals surface area contributed by atoms with Gasteiger partial charge < -0.3 is 25.0 Å². The van der Waals surface area contributed by atoms with Crippen LogP contribution in [0.5, 0.6) is 0 Å². The molecule has 3 aromatic carbocycles. The zero-order valence-electron chi connectivity index (χ0n) is 24.6. The second-order valence-electron chi connectivity index (χ2n) is 11.2. The number of hydrogen-bond donors (Lipinski definition) is 2. The molecule has 1 aromatic heterocycles. The van der Waals surface area contributed by atoms with Gasteiger partial charge in [0.25, 0.3) is 0 Å². The van der Waals surface area contributed by atoms with E-state index >= 15 is 0 Å². The topological polar surface area (TPSA) is 88.8 Å². The Morgan fingerprint density at radius 1 is 1.02 bits per heavy atom. The molecule has 45 heavy (non-hydrogen) atoms. The van der Waals surface area contributed by atoms with Crippen molar-refractivity contribution in [3.05, 3.63) is 99.9 Å². The number of likely N-dealkylation sites (tertiary alicyclic amines) is 1. The Bertz CT molecular complexity index is 1750. The average Bonchev–Trinajstić information content (AvgIpc) is 3.56. The van der Waals surface area contributed by atoms with Gasteiger partial charge in [0.05, 0.1) is 17.5 Å². The third kappa shape index (κ3) is 6.11. The Kier molecular flexibility index (Phi) is 8.99. The van der Waals surface area contributed by atoms with Gasteiger partial charge in [-0.05, 0) is 48.9 Å². The van der Waals surface area contributed by atoms with Gasteiger partial charge in [-0.15, -0.1) is 11.8 Å². The number of aromatic amines is 1. The molecule has 0 radical (unpaired) electrons. The molecule has 0 saturated carbocycles. The molecule has 12 heteroatoms. The number of amides is 4. The summed E-state index contributed by atoms with van der Waals surface area (Å²) >= 11 is 13.7. The number of nitrogens with one attached hydrogen (secondary N) is 2. The maximum atomic E-state index is 15.0. The lowest BCUT2D eigenvalue weighted by molar-refractivity contribution is -0.136. The highest BCUT2D eigenvalue weighted by atomic mass is 35.5. The van der Waals surface area contributed by atoms with E-state index in [9.17, 15) is 18.8 Å². The molecule has 2 atom stereocenters. The first-order valence-electron chi connectivity index (χ1n) is 14.8. The van der Waals surface area contributed by atoms with Crippen LogP contribution in [0.15, 0.2) is 77.8 Å². The number of urea groups is 1. The highest BCUT2D eigenvalue weighted by molar-refractivity contribution is 8.01. The van der Waals surface area contributed by atoms with E-state index in [0.717, 1.165) is 21.4 Å². The first kappa shape index (κ1) is 31.3. The first-order chi connectivity index (χ1) is 21.7. The van der Waals surface area contributed by atoms with Crippen molar-refractivity contribution in [3.63, 3.8) is 0 Å². The number of carbonyl (C=O) groups excluding carboxylic acids is 3. The lowest BCUT2D eigenvalue weighted by Gasteiger charge is -2.42. The number of hydrogen-bond acceptors (Lipinski definition) is 4. The summed E-state index contributed by atoms with van der Waals surface area (Å²) in [4.78, 5) is 50.9. The van der Waals surface area contributed by atoms with Crippen LogP contribution in [0, 0.1) is 5.82 Å². The standard InChI is InChI=1S/C33H32Cl2FN5O3S/c1-2-37-32(44)40-14-12-39(13-15-40)31(43)33(45-23-6-4-3-5-7-23)18-29(42)41(20-21-8-11-26(35)27(36)16-21)30(33)25-19-38-28-17-22(34)9-10-24(25)28/h3-11,16-17,19,30,38H,2,12-15,18,20H2,1H3,(H,37,44)/t30-,33+/m1/s1. The molecule has 0 aliphatic carbocycles. The fourth-order valence-electron chi connectivity index (χ4n) is 6.27. The largest absolute Gasteiger partial charge is 0.361 e. The van der Waals surface area contributed by atoms with E-state index in [1.807, 2.05) is 55.6 Å². The second kappa shape index (κ2) is 12.9. The molecule has 3 heterocycles. The molecule has 8 nitrogen and oxygen atoms in total. The summed E-state index contributed by atoms with van der Waals surface area (Å²) in [6.07, 6.45) is 1.77. The van der Waals surface area contributed by atoms with E-state index in [4.69, 9.17) is 23.2 Å². The summed E-state index contributed by atoms with van der Waals surface area (Å²) in [7, 11) is 0. The molecule has 2 aliphatic rings. The fourth-order valence-corrected chi connectivity index (χ4v) is 8.05. The minimum atomic E-state index is -1.27. The van der Waals surface area contributed by atoms with Crippen LogP contribution >= 0.6 is 35.0 Å². The van der Waals surface area contributed by atoms with E-state index in [1.165, 1.54) is 23.9 Å². The Morgan fingerprint density at radius 3 is 2.47 bits per heavy atom. The fraction of sp³-hybridized carbons (Fsp3) is 0.303. The molecule has 0 spiro atoms. The maximum absolute atomic E-state index is 15.0. The smallest absolute Gasteiger partial charge is 0.317 e. The molecule has 0 bridgehead atoms. The number of rotatable bonds is 7. The predicted molar refractivity (Wildman–Crippen MR) is 175 cm³/mol. The van der Waals surface area contributed by atoms with Crippen molar-refractivity contribution in [2.45, 2.75) is 35.6 Å². The molecular weight excluding hydrogens is 636 g/mol. The van der Waals surface area contributed by atoms with Crippen LogP contribution in [-0.4, -0.2) is 75.0 Å². The molecular formula is C33H32Cl2FN5O3S. The van der Waals surface area contributed by atoms with Gasteiger partial charge in [-0.25, -0.2) is 9.18 Å². The number of aromatic nitrogens is 1. The lowest BCUT2D eigenvalue weighted by atomic mass is 9.90. The molecule has 2 saturated heterocycles. The number of H-pyrrole nitrogens is 1. The van der Waals surface area contributed by atoms with E-state index in [1.54, 1.807) is 26.8 Å². The lowest BCUT2D eigenvalue weighted by Crippen LogP contribution is -2.58. The second-order valence-corrected chi connectivity index (χ2v) is 13.5. The molecule has 234 valence electrons. The van der Waals surface area contributed by atoms with Crippen LogP contribution < -0.4 is 5.32 Å². The Balaban J connectivity index is 1.46. The molecule has 4 amide bonds. The molecule has 0 unspecified atom stereocenters. The zero-order valence-corrected chi connectivity index (χ0v) is 26.9. The molecule has 6 rings (SSSR count). The summed E-state index contributed by atoms with van der Waals surface area (Å²) < 4.78 is 13.3. The van der Waals surface area contributed by atoms with E-state index in [2.05, 4.69) is 10.3 Å². The number of nitrogens with zero attached hydrogens (tertiary/aromatic N) is 3. The van der Waals surface area contributed by atoms with E-state index < -0.39 is 16.6 Å². The van der Waals surface area contributed by atoms with Crippen LogP contribution in [0.25, 0.3) is 10.9 Å². The van der Waals surface area contributed by atoms with Gasteiger partial charge in [0.15, 0.2) is 0 Å². The molecule has 4 aromatic rings.